The van der Waals surface area contributed by atoms with Gasteiger partial charge < -0.3 is 15.0 Å². The number of morpholine rings is 1. The molecule has 1 atom stereocenters. The van der Waals surface area contributed by atoms with Crippen LogP contribution < -0.4 is 5.32 Å². The zero-order chi connectivity index (χ0) is 16.9. The van der Waals surface area contributed by atoms with Crippen LogP contribution in [0, 0.1) is 0 Å². The van der Waals surface area contributed by atoms with Crippen LogP contribution in [0.15, 0.2) is 36.7 Å². The van der Waals surface area contributed by atoms with Gasteiger partial charge in [-0.15, -0.1) is 0 Å². The highest BCUT2D eigenvalue weighted by Gasteiger charge is 2.33. The molecule has 126 valence electrons. The third kappa shape index (κ3) is 3.28. The fourth-order valence-electron chi connectivity index (χ4n) is 2.69. The van der Waals surface area contributed by atoms with Gasteiger partial charge in [-0.1, -0.05) is 18.2 Å². The number of hydrogen-bond acceptors (Lipinski definition) is 5. The largest absolute Gasteiger partial charge is 0.377 e. The minimum Gasteiger partial charge on any atom is -0.377 e. The number of carbonyl (C=O) groups is 2. The Morgan fingerprint density at radius 3 is 2.88 bits per heavy atom. The lowest BCUT2D eigenvalue weighted by Crippen LogP contribution is -2.45. The molecule has 0 saturated carbocycles. The normalized spacial score (nSPS) is 17.5. The van der Waals surface area contributed by atoms with E-state index in [-0.39, 0.29) is 24.3 Å². The summed E-state index contributed by atoms with van der Waals surface area (Å²) in [7, 11) is 1.51. The monoisotopic (exact) mass is 329 g/mol. The maximum Gasteiger partial charge on any atom is 0.232 e. The Kier molecular flexibility index (Phi) is 4.85. The number of hydrogen-bond donors (Lipinski definition) is 1. The molecule has 1 saturated heterocycles. The minimum absolute atomic E-state index is 0.188. The molecule has 8 heteroatoms. The van der Waals surface area contributed by atoms with E-state index < -0.39 is 0 Å². The molecule has 1 fully saturated rings. The summed E-state index contributed by atoms with van der Waals surface area (Å²) in [6.07, 6.45) is 1.27. The van der Waals surface area contributed by atoms with Crippen molar-refractivity contribution in [1.82, 2.24) is 25.0 Å². The van der Waals surface area contributed by atoms with Crippen LogP contribution in [-0.2, 0) is 14.3 Å². The highest BCUT2D eigenvalue weighted by Crippen LogP contribution is 2.25. The van der Waals surface area contributed by atoms with Gasteiger partial charge in [0.2, 0.25) is 11.8 Å². The molecule has 0 radical (unpaired) electrons. The van der Waals surface area contributed by atoms with E-state index in [1.54, 1.807) is 9.58 Å². The maximum absolute atomic E-state index is 12.5. The highest BCUT2D eigenvalue weighted by molar-refractivity contribution is 5.96. The molecule has 1 unspecified atom stereocenters. The van der Waals surface area contributed by atoms with Crippen molar-refractivity contribution in [1.29, 1.82) is 0 Å². The quantitative estimate of drug-likeness (QED) is 0.815. The lowest BCUT2D eigenvalue weighted by Gasteiger charge is -2.34. The third-order valence-electron chi connectivity index (χ3n) is 3.91. The Hall–Kier alpha value is -2.74. The second-order valence-electron chi connectivity index (χ2n) is 5.39. The van der Waals surface area contributed by atoms with Crippen molar-refractivity contribution >= 4 is 11.8 Å². The zero-order valence-electron chi connectivity index (χ0n) is 13.4. The van der Waals surface area contributed by atoms with Crippen molar-refractivity contribution in [3.8, 4) is 5.69 Å². The maximum atomic E-state index is 12.5. The standard InChI is InChI=1S/C16H19N5O3/c1-17-14(22)9-15(23)20-7-8-24-10-13(20)16-18-11-19-21(16)12-5-3-2-4-6-12/h2-6,11,13H,7-10H2,1H3,(H,17,22). The van der Waals surface area contributed by atoms with E-state index in [4.69, 9.17) is 4.74 Å². The van der Waals surface area contributed by atoms with Crippen LogP contribution in [0.25, 0.3) is 5.69 Å². The van der Waals surface area contributed by atoms with Gasteiger partial charge in [0.15, 0.2) is 5.82 Å². The molecule has 2 aromatic rings. The average Bonchev–Trinajstić information content (AvgIpc) is 3.12. The van der Waals surface area contributed by atoms with E-state index in [1.165, 1.54) is 13.4 Å². The number of benzene rings is 1. The average molecular weight is 329 g/mol. The second-order valence-corrected chi connectivity index (χ2v) is 5.39. The Labute approximate surface area is 139 Å². The fraction of sp³-hybridized carbons (Fsp3) is 0.375. The van der Waals surface area contributed by atoms with Crippen molar-refractivity contribution in [3.63, 3.8) is 0 Å². The number of carbonyl (C=O) groups excluding carboxylic acids is 2. The summed E-state index contributed by atoms with van der Waals surface area (Å²) in [5.41, 5.74) is 0.856. The molecule has 2 amide bonds. The first-order valence-corrected chi connectivity index (χ1v) is 7.74. The van der Waals surface area contributed by atoms with Crippen LogP contribution >= 0.6 is 0 Å². The van der Waals surface area contributed by atoms with Gasteiger partial charge in [-0.2, -0.15) is 5.10 Å². The minimum atomic E-state index is -0.376. The predicted molar refractivity (Wildman–Crippen MR) is 85.3 cm³/mol. The number of nitrogens with one attached hydrogen (secondary N) is 1. The summed E-state index contributed by atoms with van der Waals surface area (Å²) >= 11 is 0. The van der Waals surface area contributed by atoms with Crippen LogP contribution in [0.3, 0.4) is 0 Å². The summed E-state index contributed by atoms with van der Waals surface area (Å²) in [5.74, 6) is 0.0613. The first-order valence-electron chi connectivity index (χ1n) is 7.74. The number of ether oxygens (including phenoxy) is 1. The van der Waals surface area contributed by atoms with Crippen molar-refractivity contribution in [2.75, 3.05) is 26.8 Å². The smallest absolute Gasteiger partial charge is 0.232 e. The number of rotatable bonds is 4. The van der Waals surface area contributed by atoms with Gasteiger partial charge >= 0.3 is 0 Å². The van der Waals surface area contributed by atoms with E-state index in [9.17, 15) is 9.59 Å². The Morgan fingerprint density at radius 1 is 1.33 bits per heavy atom. The number of aromatic nitrogens is 3. The first-order chi connectivity index (χ1) is 11.7. The van der Waals surface area contributed by atoms with Crippen LogP contribution in [0.2, 0.25) is 0 Å². The second kappa shape index (κ2) is 7.22. The van der Waals surface area contributed by atoms with E-state index in [0.29, 0.717) is 25.6 Å². The van der Waals surface area contributed by atoms with Crippen LogP contribution in [0.5, 0.6) is 0 Å². The van der Waals surface area contributed by atoms with Gasteiger partial charge in [0.1, 0.15) is 18.8 Å². The van der Waals surface area contributed by atoms with Gasteiger partial charge in [-0.3, -0.25) is 9.59 Å². The highest BCUT2D eigenvalue weighted by atomic mass is 16.5. The van der Waals surface area contributed by atoms with Gasteiger partial charge in [0.05, 0.1) is 18.9 Å². The van der Waals surface area contributed by atoms with E-state index in [2.05, 4.69) is 15.4 Å². The first kappa shape index (κ1) is 16.1. The summed E-state index contributed by atoms with van der Waals surface area (Å²) in [4.78, 5) is 30.0. The van der Waals surface area contributed by atoms with Crippen LogP contribution in [-0.4, -0.2) is 58.3 Å². The van der Waals surface area contributed by atoms with Crippen molar-refractivity contribution in [2.24, 2.45) is 0 Å². The predicted octanol–water partition coefficient (Wildman–Crippen LogP) is 0.303. The van der Waals surface area contributed by atoms with E-state index in [0.717, 1.165) is 5.69 Å². The lowest BCUT2D eigenvalue weighted by atomic mass is 10.2. The molecular formula is C16H19N5O3. The fourth-order valence-corrected chi connectivity index (χ4v) is 2.69. The van der Waals surface area contributed by atoms with Crippen LogP contribution in [0.1, 0.15) is 18.3 Å². The molecule has 1 aliphatic heterocycles. The molecule has 0 spiro atoms. The Bertz CT molecular complexity index is 716. The molecule has 0 bridgehead atoms. The van der Waals surface area contributed by atoms with Gasteiger partial charge in [-0.05, 0) is 12.1 Å². The number of nitrogens with zero attached hydrogens (tertiary/aromatic N) is 4. The van der Waals surface area contributed by atoms with Crippen molar-refractivity contribution in [2.45, 2.75) is 12.5 Å². The Balaban J connectivity index is 1.88. The molecule has 1 aromatic heterocycles. The van der Waals surface area contributed by atoms with E-state index >= 15 is 0 Å². The number of amides is 2. The SMILES string of the molecule is CNC(=O)CC(=O)N1CCOCC1c1ncnn1-c1ccccc1. The van der Waals surface area contributed by atoms with Gasteiger partial charge in [-0.25, -0.2) is 9.67 Å². The molecular weight excluding hydrogens is 310 g/mol. The summed E-state index contributed by atoms with van der Waals surface area (Å²) in [6.45, 7) is 1.18. The molecule has 1 N–H and O–H groups in total. The molecule has 1 aliphatic rings. The van der Waals surface area contributed by atoms with Crippen LogP contribution in [0.4, 0.5) is 0 Å². The summed E-state index contributed by atoms with van der Waals surface area (Å²) in [6, 6.07) is 9.19. The van der Waals surface area contributed by atoms with E-state index in [1.807, 2.05) is 30.3 Å². The zero-order valence-corrected chi connectivity index (χ0v) is 13.4. The Morgan fingerprint density at radius 2 is 2.12 bits per heavy atom. The number of para-hydroxylation sites is 1. The molecule has 0 aliphatic carbocycles. The summed E-state index contributed by atoms with van der Waals surface area (Å²) < 4.78 is 7.23. The molecule has 8 nitrogen and oxygen atoms in total. The lowest BCUT2D eigenvalue weighted by molar-refractivity contribution is -0.143. The topological polar surface area (TPSA) is 89.3 Å². The molecule has 3 rings (SSSR count). The molecule has 2 heterocycles. The third-order valence-corrected chi connectivity index (χ3v) is 3.91. The molecule has 24 heavy (non-hydrogen) atoms. The van der Waals surface area contributed by atoms with Crippen molar-refractivity contribution in [3.05, 3.63) is 42.5 Å². The van der Waals surface area contributed by atoms with Gasteiger partial charge in [0.25, 0.3) is 0 Å². The van der Waals surface area contributed by atoms with Gasteiger partial charge in [0, 0.05) is 13.6 Å². The molecule has 1 aromatic carbocycles. The summed E-state index contributed by atoms with van der Waals surface area (Å²) in [5, 5.41) is 6.74. The van der Waals surface area contributed by atoms with Crippen molar-refractivity contribution < 1.29 is 14.3 Å².